The first-order valence-corrected chi connectivity index (χ1v) is 36.7. The summed E-state index contributed by atoms with van der Waals surface area (Å²) in [5.41, 5.74) is 32.6. The zero-order valence-corrected chi connectivity index (χ0v) is 64.4. The van der Waals surface area contributed by atoms with Gasteiger partial charge in [-0.05, 0) is 169 Å². The highest BCUT2D eigenvalue weighted by molar-refractivity contribution is 5.81. The van der Waals surface area contributed by atoms with Gasteiger partial charge in [0.05, 0.1) is 40.3 Å². The number of fused-ring (bicyclic) bond motifs is 5. The average Bonchev–Trinajstić information content (AvgIpc) is 0.791. The van der Waals surface area contributed by atoms with Crippen molar-refractivity contribution in [3.05, 3.63) is 299 Å². The molecule has 0 amide bonds. The molecule has 15 rings (SSSR count). The van der Waals surface area contributed by atoms with Crippen molar-refractivity contribution in [3.8, 4) is 56.4 Å². The van der Waals surface area contributed by atoms with Crippen molar-refractivity contribution in [2.75, 3.05) is 0 Å². The molecule has 0 radical (unpaired) electrons. The van der Waals surface area contributed by atoms with Crippen LogP contribution < -0.4 is 22.8 Å². The SMILES string of the molecule is Cc1ccccc1-c1cnc2c(C(C)C)cccc2[n+]1C.Cc1ccccc1-c1cnc2c(CC(C)C)cccc2[n+]1C.Cc1ccccc1-c1cnc2ccc(C(C)C)cc2[n+]1C.Cc1ccccc1-c1cnc2ccccc2[n+]1C.Cc1ccccc1-c1nc(CC(C)C)c2ccccc2[n+]1C. The molecule has 0 aliphatic heterocycles. The molecular weight excluding hydrogens is 1270 g/mol. The summed E-state index contributed by atoms with van der Waals surface area (Å²) in [6.07, 6.45) is 9.99. The number of benzene rings is 10. The van der Waals surface area contributed by atoms with E-state index < -0.39 is 0 Å². The van der Waals surface area contributed by atoms with Gasteiger partial charge in [0.1, 0.15) is 80.6 Å². The quantitative estimate of drug-likeness (QED) is 0.121. The molecule has 0 aliphatic rings. The molecule has 0 fully saturated rings. The van der Waals surface area contributed by atoms with Crippen LogP contribution in [-0.4, -0.2) is 24.9 Å². The average molecular weight is 1370 g/mol. The second-order valence-electron chi connectivity index (χ2n) is 29.1. The third kappa shape index (κ3) is 16.5. The summed E-state index contributed by atoms with van der Waals surface area (Å²) in [6.45, 7) is 28.6. The number of hydrogen-bond acceptors (Lipinski definition) is 5. The molecule has 5 heterocycles. The highest BCUT2D eigenvalue weighted by Crippen LogP contribution is 2.30. The Kier molecular flexibility index (Phi) is 23.8. The molecule has 0 N–H and O–H groups in total. The van der Waals surface area contributed by atoms with Crippen LogP contribution in [-0.2, 0) is 48.1 Å². The maximum atomic E-state index is 5.03. The third-order valence-electron chi connectivity index (χ3n) is 19.9. The Balaban J connectivity index is 0.000000130. The van der Waals surface area contributed by atoms with E-state index in [9.17, 15) is 0 Å². The molecule has 0 saturated heterocycles. The lowest BCUT2D eigenvalue weighted by Gasteiger charge is -2.10. The van der Waals surface area contributed by atoms with E-state index in [4.69, 9.17) is 15.0 Å². The van der Waals surface area contributed by atoms with Gasteiger partial charge >= 0.3 is 5.82 Å². The fourth-order valence-electron chi connectivity index (χ4n) is 14.0. The topological polar surface area (TPSA) is 83.8 Å². The Morgan fingerprint density at radius 1 is 0.308 bits per heavy atom. The van der Waals surface area contributed by atoms with Crippen LogP contribution in [0.2, 0.25) is 0 Å². The second kappa shape index (κ2) is 33.3. The normalized spacial score (nSPS) is 11.2. The van der Waals surface area contributed by atoms with E-state index in [0.717, 1.165) is 69.0 Å². The number of para-hydroxylation sites is 5. The Morgan fingerprint density at radius 3 is 1.17 bits per heavy atom. The molecule has 10 nitrogen and oxygen atoms in total. The fourth-order valence-corrected chi connectivity index (χ4v) is 14.0. The van der Waals surface area contributed by atoms with Crippen LogP contribution in [0.3, 0.4) is 0 Å². The molecule has 0 spiro atoms. The van der Waals surface area contributed by atoms with Gasteiger partial charge in [-0.1, -0.05) is 201 Å². The van der Waals surface area contributed by atoms with Crippen molar-refractivity contribution < 1.29 is 22.8 Å². The van der Waals surface area contributed by atoms with Gasteiger partial charge in [-0.3, -0.25) is 0 Å². The zero-order chi connectivity index (χ0) is 73.9. The number of nitrogens with zero attached hydrogens (tertiary/aromatic N) is 10. The number of rotatable bonds is 11. The van der Waals surface area contributed by atoms with Crippen molar-refractivity contribution >= 4 is 55.0 Å². The summed E-state index contributed by atoms with van der Waals surface area (Å²) in [4.78, 5) is 23.8. The maximum absolute atomic E-state index is 5.03. The minimum Gasteiger partial charge on any atom is -0.243 e. The van der Waals surface area contributed by atoms with Gasteiger partial charge in [0.25, 0.3) is 0 Å². The molecular formula is C94H103N10+5. The van der Waals surface area contributed by atoms with Crippen LogP contribution in [0, 0.1) is 46.5 Å². The van der Waals surface area contributed by atoms with Crippen LogP contribution in [0.25, 0.3) is 111 Å². The zero-order valence-electron chi connectivity index (χ0n) is 64.4. The van der Waals surface area contributed by atoms with E-state index in [2.05, 4.69) is 364 Å². The van der Waals surface area contributed by atoms with Gasteiger partial charge in [-0.25, -0.2) is 24.5 Å². The molecule has 10 heteroatoms. The van der Waals surface area contributed by atoms with Gasteiger partial charge in [-0.15, -0.1) is 0 Å². The summed E-state index contributed by atoms with van der Waals surface area (Å²) in [7, 11) is 10.6. The largest absolute Gasteiger partial charge is 0.331 e. The van der Waals surface area contributed by atoms with Crippen LogP contribution in [0.1, 0.15) is 117 Å². The number of aromatic nitrogens is 10. The first-order chi connectivity index (χ1) is 50.1. The molecule has 0 bridgehead atoms. The molecule has 0 unspecified atom stereocenters. The van der Waals surface area contributed by atoms with E-state index in [1.165, 1.54) is 105 Å². The van der Waals surface area contributed by atoms with Gasteiger partial charge in [0.2, 0.25) is 44.8 Å². The molecule has 0 saturated carbocycles. The van der Waals surface area contributed by atoms with E-state index in [1.54, 1.807) is 0 Å². The van der Waals surface area contributed by atoms with Crippen molar-refractivity contribution in [3.63, 3.8) is 0 Å². The number of hydrogen-bond donors (Lipinski definition) is 0. The Labute approximate surface area is 616 Å². The highest BCUT2D eigenvalue weighted by Gasteiger charge is 2.25. The summed E-state index contributed by atoms with van der Waals surface area (Å²) in [5.74, 6) is 3.27. The molecule has 10 aromatic carbocycles. The summed E-state index contributed by atoms with van der Waals surface area (Å²) in [6, 6.07) is 78.5. The second-order valence-corrected chi connectivity index (χ2v) is 29.1. The van der Waals surface area contributed by atoms with E-state index in [0.29, 0.717) is 23.7 Å². The standard InChI is InChI=1S/2C20H23N2.2C19H21N2.C16H15N2/c1-14(2)13-18-17-11-7-8-12-19(17)22(4)20(21-18)16-10-6-5-9-15(16)3;1-14(2)12-16-9-7-11-18-20(16)21-13-19(22(18)4)17-10-6-5-8-15(17)3;1-13(2)15-10-7-11-17-19(15)20-12-18(21(17)4)16-9-6-5-8-14(16)3;1-13(2)15-9-10-17-18(11-15)21(4)19(12-20-17)16-8-6-5-7-14(16)3;1-12-7-3-4-8-13(12)16-11-17-14-9-5-6-10-15(14)18(16)2/h5-12,14H,13H2,1-4H3;5-11,13-14H,12H2,1-4H3;2*5-13H,1-4H3;3-11H,1-2H3/q5*+1. The highest BCUT2D eigenvalue weighted by atomic mass is 15.0. The van der Waals surface area contributed by atoms with Crippen LogP contribution in [0.15, 0.2) is 249 Å². The predicted molar refractivity (Wildman–Crippen MR) is 431 cm³/mol. The predicted octanol–water partition coefficient (Wildman–Crippen LogP) is 19.8. The number of aryl methyl sites for hydroxylation is 10. The fraction of sp³-hybridized carbons (Fsp3) is 0.255. The molecule has 0 atom stereocenters. The third-order valence-corrected chi connectivity index (χ3v) is 19.9. The molecule has 5 aromatic heterocycles. The van der Waals surface area contributed by atoms with Gasteiger partial charge < -0.3 is 0 Å². The smallest absolute Gasteiger partial charge is 0.243 e. The molecule has 0 aliphatic carbocycles. The van der Waals surface area contributed by atoms with Crippen molar-refractivity contribution in [1.82, 2.24) is 24.9 Å². The lowest BCUT2D eigenvalue weighted by atomic mass is 10.0. The Morgan fingerprint density at radius 2 is 0.692 bits per heavy atom. The summed E-state index contributed by atoms with van der Waals surface area (Å²) in [5, 5.41) is 1.26. The summed E-state index contributed by atoms with van der Waals surface area (Å²) >= 11 is 0. The van der Waals surface area contributed by atoms with E-state index >= 15 is 0 Å². The molecule has 104 heavy (non-hydrogen) atoms. The monoisotopic (exact) mass is 1370 g/mol. The van der Waals surface area contributed by atoms with Crippen LogP contribution in [0.5, 0.6) is 0 Å². The first-order valence-electron chi connectivity index (χ1n) is 36.7. The summed E-state index contributed by atoms with van der Waals surface area (Å²) < 4.78 is 11.2. The maximum Gasteiger partial charge on any atom is 0.331 e. The Bertz CT molecular complexity index is 5480. The lowest BCUT2D eigenvalue weighted by Crippen LogP contribution is -2.34. The lowest BCUT2D eigenvalue weighted by molar-refractivity contribution is -0.636. The van der Waals surface area contributed by atoms with Crippen LogP contribution in [0.4, 0.5) is 0 Å². The van der Waals surface area contributed by atoms with E-state index in [1.807, 2.05) is 43.0 Å². The Hall–Kier alpha value is -11.1. The molecule has 524 valence electrons. The van der Waals surface area contributed by atoms with Crippen LogP contribution >= 0.6 is 0 Å². The minimum absolute atomic E-state index is 0.477. The van der Waals surface area contributed by atoms with Crippen molar-refractivity contribution in [1.29, 1.82) is 0 Å². The minimum atomic E-state index is 0.477. The van der Waals surface area contributed by atoms with E-state index in [-0.39, 0.29) is 0 Å². The molecule has 15 aromatic rings. The van der Waals surface area contributed by atoms with Crippen molar-refractivity contribution in [2.24, 2.45) is 47.1 Å². The van der Waals surface area contributed by atoms with Gasteiger partial charge in [0.15, 0.2) is 5.69 Å². The first kappa shape index (κ1) is 74.1. The van der Waals surface area contributed by atoms with Crippen molar-refractivity contribution in [2.45, 2.75) is 115 Å². The van der Waals surface area contributed by atoms with Gasteiger partial charge in [0, 0.05) is 30.7 Å². The van der Waals surface area contributed by atoms with Gasteiger partial charge in [-0.2, -0.15) is 18.3 Å².